The van der Waals surface area contributed by atoms with Gasteiger partial charge in [0.2, 0.25) is 0 Å². The predicted octanol–water partition coefficient (Wildman–Crippen LogP) is 2.13. The van der Waals surface area contributed by atoms with Gasteiger partial charge in [0.05, 0.1) is 5.69 Å². The third-order valence-corrected chi connectivity index (χ3v) is 3.03. The normalized spacial score (nSPS) is 10.5. The van der Waals surface area contributed by atoms with E-state index in [2.05, 4.69) is 10.4 Å². The molecule has 0 radical (unpaired) electrons. The van der Waals surface area contributed by atoms with E-state index in [0.29, 0.717) is 17.8 Å². The first-order valence-electron chi connectivity index (χ1n) is 6.11. The molecule has 0 amide bonds. The molecular weight excluding hydrogens is 240 g/mol. The molecule has 0 aliphatic heterocycles. The number of Topliss-reactive ketones (excluding diaryl/α,β-unsaturated/α-hetero) is 1. The molecule has 19 heavy (non-hydrogen) atoms. The highest BCUT2D eigenvalue weighted by molar-refractivity contribution is 5.99. The Morgan fingerprint density at radius 1 is 1.47 bits per heavy atom. The summed E-state index contributed by atoms with van der Waals surface area (Å²) in [6.07, 6.45) is 1.98. The van der Waals surface area contributed by atoms with E-state index in [4.69, 9.17) is 5.73 Å². The van der Waals surface area contributed by atoms with Crippen LogP contribution in [0.1, 0.15) is 28.5 Å². The van der Waals surface area contributed by atoms with Crippen molar-refractivity contribution in [3.63, 3.8) is 0 Å². The zero-order chi connectivity index (χ0) is 14.0. The minimum absolute atomic E-state index is 0.0212. The predicted molar refractivity (Wildman–Crippen MR) is 76.1 cm³/mol. The van der Waals surface area contributed by atoms with Gasteiger partial charge in [-0.15, -0.1) is 0 Å². The number of nitrogens with one attached hydrogen (secondary N) is 1. The first-order chi connectivity index (χ1) is 8.97. The average molecular weight is 258 g/mol. The number of aryl methyl sites for hydroxylation is 2. The Kier molecular flexibility index (Phi) is 3.55. The fourth-order valence-corrected chi connectivity index (χ4v) is 2.01. The van der Waals surface area contributed by atoms with Crippen molar-refractivity contribution >= 4 is 17.2 Å². The molecule has 0 fully saturated rings. The molecule has 1 aromatic carbocycles. The lowest BCUT2D eigenvalue weighted by Crippen LogP contribution is -2.03. The van der Waals surface area contributed by atoms with E-state index in [9.17, 15) is 4.79 Å². The van der Waals surface area contributed by atoms with Crippen LogP contribution in [-0.4, -0.2) is 15.6 Å². The van der Waals surface area contributed by atoms with E-state index >= 15 is 0 Å². The van der Waals surface area contributed by atoms with Crippen LogP contribution in [0.2, 0.25) is 0 Å². The van der Waals surface area contributed by atoms with Gasteiger partial charge in [-0.05, 0) is 32.0 Å². The van der Waals surface area contributed by atoms with E-state index in [1.165, 1.54) is 6.92 Å². The van der Waals surface area contributed by atoms with Gasteiger partial charge < -0.3 is 11.1 Å². The van der Waals surface area contributed by atoms with Gasteiger partial charge >= 0.3 is 0 Å². The molecular formula is C14H18N4O. The highest BCUT2D eigenvalue weighted by Gasteiger charge is 2.06. The van der Waals surface area contributed by atoms with Crippen molar-refractivity contribution in [1.29, 1.82) is 0 Å². The van der Waals surface area contributed by atoms with Crippen LogP contribution in [0.5, 0.6) is 0 Å². The van der Waals surface area contributed by atoms with E-state index in [1.807, 2.05) is 26.2 Å². The van der Waals surface area contributed by atoms with Crippen molar-refractivity contribution in [3.8, 4) is 0 Å². The van der Waals surface area contributed by atoms with Crippen LogP contribution < -0.4 is 11.1 Å². The first kappa shape index (κ1) is 13.1. The fourth-order valence-electron chi connectivity index (χ4n) is 2.01. The molecule has 100 valence electrons. The van der Waals surface area contributed by atoms with Crippen molar-refractivity contribution in [2.75, 3.05) is 11.1 Å². The Labute approximate surface area is 112 Å². The number of carbonyl (C=O) groups excluding carboxylic acids is 1. The summed E-state index contributed by atoms with van der Waals surface area (Å²) in [6.45, 7) is 4.17. The summed E-state index contributed by atoms with van der Waals surface area (Å²) >= 11 is 0. The molecule has 2 aromatic rings. The maximum Gasteiger partial charge on any atom is 0.161 e. The number of rotatable bonds is 4. The number of carbonyl (C=O) groups is 1. The summed E-state index contributed by atoms with van der Waals surface area (Å²) in [5, 5.41) is 7.56. The Morgan fingerprint density at radius 3 is 2.74 bits per heavy atom. The number of nitrogen functional groups attached to an aromatic ring is 1. The average Bonchev–Trinajstić information content (AvgIpc) is 2.65. The topological polar surface area (TPSA) is 72.9 Å². The van der Waals surface area contributed by atoms with Gasteiger partial charge in [-0.25, -0.2) is 0 Å². The molecule has 0 unspecified atom stereocenters. The second-order valence-corrected chi connectivity index (χ2v) is 4.63. The summed E-state index contributed by atoms with van der Waals surface area (Å²) in [4.78, 5) is 11.3. The summed E-state index contributed by atoms with van der Waals surface area (Å²) in [5.74, 6) is -0.0212. The fraction of sp³-hybridized carbons (Fsp3) is 0.286. The van der Waals surface area contributed by atoms with E-state index in [0.717, 1.165) is 16.9 Å². The molecule has 2 rings (SSSR count). The highest BCUT2D eigenvalue weighted by Crippen LogP contribution is 2.19. The lowest BCUT2D eigenvalue weighted by Gasteiger charge is -2.08. The second kappa shape index (κ2) is 5.14. The quantitative estimate of drug-likeness (QED) is 0.651. The van der Waals surface area contributed by atoms with Gasteiger partial charge in [-0.3, -0.25) is 9.48 Å². The third-order valence-electron chi connectivity index (χ3n) is 3.03. The summed E-state index contributed by atoms with van der Waals surface area (Å²) < 4.78 is 1.79. The number of nitrogens with two attached hydrogens (primary N) is 1. The SMILES string of the molecule is CC(=O)c1ccc(NCc2cn(C)nc2C)cc1N. The number of aromatic nitrogens is 2. The van der Waals surface area contributed by atoms with Crippen LogP contribution >= 0.6 is 0 Å². The standard InChI is InChI=1S/C14H18N4O/c1-9-11(8-18(3)17-9)7-16-12-4-5-13(10(2)19)14(15)6-12/h4-6,8,16H,7,15H2,1-3H3. The van der Waals surface area contributed by atoms with E-state index < -0.39 is 0 Å². The number of hydrogen-bond acceptors (Lipinski definition) is 4. The third kappa shape index (κ3) is 2.93. The van der Waals surface area contributed by atoms with Crippen molar-refractivity contribution in [1.82, 2.24) is 9.78 Å². The molecule has 1 heterocycles. The number of anilines is 2. The summed E-state index contributed by atoms with van der Waals surface area (Å²) in [5.41, 5.74) is 9.94. The van der Waals surface area contributed by atoms with Crippen molar-refractivity contribution in [3.05, 3.63) is 41.2 Å². The molecule has 0 bridgehead atoms. The molecule has 0 spiro atoms. The van der Waals surface area contributed by atoms with Crippen LogP contribution in [-0.2, 0) is 13.6 Å². The number of ketones is 1. The minimum Gasteiger partial charge on any atom is -0.398 e. The molecule has 0 aliphatic rings. The van der Waals surface area contributed by atoms with Gasteiger partial charge in [0, 0.05) is 42.3 Å². The molecule has 0 saturated carbocycles. The number of benzene rings is 1. The second-order valence-electron chi connectivity index (χ2n) is 4.63. The summed E-state index contributed by atoms with van der Waals surface area (Å²) in [6, 6.07) is 5.39. The molecule has 3 N–H and O–H groups in total. The lowest BCUT2D eigenvalue weighted by atomic mass is 10.1. The number of nitrogens with zero attached hydrogens (tertiary/aromatic N) is 2. The largest absolute Gasteiger partial charge is 0.398 e. The van der Waals surface area contributed by atoms with Crippen LogP contribution in [0.15, 0.2) is 24.4 Å². The molecule has 5 nitrogen and oxygen atoms in total. The van der Waals surface area contributed by atoms with Gasteiger partial charge in [0.1, 0.15) is 0 Å². The van der Waals surface area contributed by atoms with Crippen LogP contribution in [0.3, 0.4) is 0 Å². The zero-order valence-corrected chi connectivity index (χ0v) is 11.4. The Balaban J connectivity index is 2.10. The lowest BCUT2D eigenvalue weighted by molar-refractivity contribution is 0.101. The Morgan fingerprint density at radius 2 is 2.21 bits per heavy atom. The summed E-state index contributed by atoms with van der Waals surface area (Å²) in [7, 11) is 1.90. The van der Waals surface area contributed by atoms with Crippen LogP contribution in [0.25, 0.3) is 0 Å². The molecule has 0 atom stereocenters. The maximum absolute atomic E-state index is 11.3. The van der Waals surface area contributed by atoms with Crippen LogP contribution in [0.4, 0.5) is 11.4 Å². The smallest absolute Gasteiger partial charge is 0.161 e. The van der Waals surface area contributed by atoms with Gasteiger partial charge in [0.25, 0.3) is 0 Å². The minimum atomic E-state index is -0.0212. The Hall–Kier alpha value is -2.30. The highest BCUT2D eigenvalue weighted by atomic mass is 16.1. The van der Waals surface area contributed by atoms with Crippen molar-refractivity contribution in [2.24, 2.45) is 7.05 Å². The van der Waals surface area contributed by atoms with Gasteiger partial charge in [0.15, 0.2) is 5.78 Å². The maximum atomic E-state index is 11.3. The first-order valence-corrected chi connectivity index (χ1v) is 6.11. The van der Waals surface area contributed by atoms with Crippen molar-refractivity contribution in [2.45, 2.75) is 20.4 Å². The van der Waals surface area contributed by atoms with Gasteiger partial charge in [-0.1, -0.05) is 0 Å². The molecule has 1 aromatic heterocycles. The number of hydrogen-bond donors (Lipinski definition) is 2. The molecule has 0 aliphatic carbocycles. The molecule has 0 saturated heterocycles. The van der Waals surface area contributed by atoms with Gasteiger partial charge in [-0.2, -0.15) is 5.10 Å². The zero-order valence-electron chi connectivity index (χ0n) is 11.4. The van der Waals surface area contributed by atoms with E-state index in [-0.39, 0.29) is 5.78 Å². The van der Waals surface area contributed by atoms with E-state index in [1.54, 1.807) is 16.8 Å². The van der Waals surface area contributed by atoms with Crippen molar-refractivity contribution < 1.29 is 4.79 Å². The monoisotopic (exact) mass is 258 g/mol. The van der Waals surface area contributed by atoms with Crippen LogP contribution in [0, 0.1) is 6.92 Å². The molecule has 5 heteroatoms. The Bertz CT molecular complexity index is 616.